The van der Waals surface area contributed by atoms with Crippen molar-refractivity contribution in [1.82, 2.24) is 5.32 Å². The molecule has 1 aromatic heterocycles. The molecule has 3 nitrogen and oxygen atoms in total. The molecule has 0 amide bonds. The van der Waals surface area contributed by atoms with Gasteiger partial charge in [0, 0.05) is 6.61 Å². The first-order valence-electron chi connectivity index (χ1n) is 4.76. The normalized spacial score (nSPS) is 13.1. The summed E-state index contributed by atoms with van der Waals surface area (Å²) in [5.41, 5.74) is 0. The van der Waals surface area contributed by atoms with Crippen LogP contribution in [0.25, 0.3) is 0 Å². The van der Waals surface area contributed by atoms with Crippen molar-refractivity contribution in [2.75, 3.05) is 13.2 Å². The molecule has 0 aliphatic rings. The maximum atomic E-state index is 8.85. The molecule has 2 N–H and O–H groups in total. The van der Waals surface area contributed by atoms with E-state index in [1.165, 1.54) is 0 Å². The van der Waals surface area contributed by atoms with Crippen LogP contribution >= 0.6 is 0 Å². The Balaban J connectivity index is 2.47. The molecule has 1 heterocycles. The topological polar surface area (TPSA) is 45.4 Å². The van der Waals surface area contributed by atoms with Gasteiger partial charge in [0.15, 0.2) is 0 Å². The molecule has 0 saturated heterocycles. The van der Waals surface area contributed by atoms with Gasteiger partial charge in [-0.3, -0.25) is 0 Å². The van der Waals surface area contributed by atoms with Crippen LogP contribution < -0.4 is 5.32 Å². The van der Waals surface area contributed by atoms with E-state index in [0.717, 1.165) is 18.7 Å². The van der Waals surface area contributed by atoms with E-state index < -0.39 is 0 Å². The van der Waals surface area contributed by atoms with Gasteiger partial charge < -0.3 is 14.8 Å². The van der Waals surface area contributed by atoms with Crippen LogP contribution in [0.4, 0.5) is 0 Å². The monoisotopic (exact) mass is 183 g/mol. The van der Waals surface area contributed by atoms with E-state index in [-0.39, 0.29) is 12.6 Å². The smallest absolute Gasteiger partial charge is 0.120 e. The highest BCUT2D eigenvalue weighted by Gasteiger charge is 2.11. The summed E-state index contributed by atoms with van der Waals surface area (Å²) in [7, 11) is 0. The first-order chi connectivity index (χ1) is 6.38. The second-order valence-electron chi connectivity index (χ2n) is 3.03. The molecule has 0 radical (unpaired) electrons. The maximum absolute atomic E-state index is 8.85. The van der Waals surface area contributed by atoms with Crippen molar-refractivity contribution in [2.45, 2.75) is 25.8 Å². The first-order valence-corrected chi connectivity index (χ1v) is 4.76. The minimum absolute atomic E-state index is 0.153. The van der Waals surface area contributed by atoms with E-state index in [0.29, 0.717) is 6.42 Å². The highest BCUT2D eigenvalue weighted by molar-refractivity contribution is 5.04. The number of rotatable bonds is 6. The zero-order valence-corrected chi connectivity index (χ0v) is 7.99. The van der Waals surface area contributed by atoms with Gasteiger partial charge in [0.05, 0.1) is 12.3 Å². The number of aliphatic hydroxyl groups excluding tert-OH is 1. The lowest BCUT2D eigenvalue weighted by Gasteiger charge is -2.14. The van der Waals surface area contributed by atoms with Gasteiger partial charge in [-0.05, 0) is 31.5 Å². The van der Waals surface area contributed by atoms with Gasteiger partial charge in [0.2, 0.25) is 0 Å². The Morgan fingerprint density at radius 1 is 1.62 bits per heavy atom. The Morgan fingerprint density at radius 2 is 2.46 bits per heavy atom. The van der Waals surface area contributed by atoms with E-state index >= 15 is 0 Å². The molecule has 1 rings (SSSR count). The van der Waals surface area contributed by atoms with Gasteiger partial charge in [-0.1, -0.05) is 6.92 Å². The van der Waals surface area contributed by atoms with E-state index in [4.69, 9.17) is 9.52 Å². The lowest BCUT2D eigenvalue weighted by atomic mass is 10.1. The van der Waals surface area contributed by atoms with Gasteiger partial charge in [0.1, 0.15) is 5.76 Å². The van der Waals surface area contributed by atoms with Crippen molar-refractivity contribution in [2.24, 2.45) is 0 Å². The van der Waals surface area contributed by atoms with Crippen molar-refractivity contribution >= 4 is 0 Å². The molecule has 0 aliphatic carbocycles. The highest BCUT2D eigenvalue weighted by atomic mass is 16.3. The molecule has 74 valence electrons. The van der Waals surface area contributed by atoms with Crippen molar-refractivity contribution in [1.29, 1.82) is 0 Å². The van der Waals surface area contributed by atoms with E-state index in [9.17, 15) is 0 Å². The molecular formula is C10H17NO2. The molecule has 0 saturated carbocycles. The second-order valence-corrected chi connectivity index (χ2v) is 3.03. The third-order valence-electron chi connectivity index (χ3n) is 1.95. The summed E-state index contributed by atoms with van der Waals surface area (Å²) in [5, 5.41) is 12.2. The summed E-state index contributed by atoms with van der Waals surface area (Å²) in [5.74, 6) is 0.905. The minimum atomic E-state index is 0.153. The van der Waals surface area contributed by atoms with E-state index in [2.05, 4.69) is 12.2 Å². The highest BCUT2D eigenvalue weighted by Crippen LogP contribution is 2.16. The predicted octanol–water partition coefficient (Wildman–Crippen LogP) is 1.70. The summed E-state index contributed by atoms with van der Waals surface area (Å²) in [4.78, 5) is 0. The SMILES string of the molecule is CCCNC(CCO)c1ccco1. The van der Waals surface area contributed by atoms with Crippen LogP contribution in [0, 0.1) is 0 Å². The van der Waals surface area contributed by atoms with E-state index in [1.54, 1.807) is 6.26 Å². The van der Waals surface area contributed by atoms with Crippen molar-refractivity contribution < 1.29 is 9.52 Å². The molecule has 0 aromatic carbocycles. The summed E-state index contributed by atoms with van der Waals surface area (Å²) in [6.07, 6.45) is 3.45. The molecule has 1 unspecified atom stereocenters. The van der Waals surface area contributed by atoms with Crippen LogP contribution in [-0.4, -0.2) is 18.3 Å². The number of aliphatic hydroxyl groups is 1. The lowest BCUT2D eigenvalue weighted by molar-refractivity contribution is 0.254. The fourth-order valence-corrected chi connectivity index (χ4v) is 1.28. The van der Waals surface area contributed by atoms with E-state index in [1.807, 2.05) is 12.1 Å². The summed E-state index contributed by atoms with van der Waals surface area (Å²) < 4.78 is 5.27. The average molecular weight is 183 g/mol. The van der Waals surface area contributed by atoms with Gasteiger partial charge in [0.25, 0.3) is 0 Å². The standard InChI is InChI=1S/C10H17NO2/c1-2-6-11-9(5-7-12)10-4-3-8-13-10/h3-4,8-9,11-12H,2,5-7H2,1H3. The number of hydrogen-bond donors (Lipinski definition) is 2. The largest absolute Gasteiger partial charge is 0.468 e. The third-order valence-corrected chi connectivity index (χ3v) is 1.95. The van der Waals surface area contributed by atoms with Gasteiger partial charge >= 0.3 is 0 Å². The summed E-state index contributed by atoms with van der Waals surface area (Å²) in [6.45, 7) is 3.25. The molecule has 13 heavy (non-hydrogen) atoms. The third kappa shape index (κ3) is 3.20. The molecule has 3 heteroatoms. The zero-order chi connectivity index (χ0) is 9.52. The lowest BCUT2D eigenvalue weighted by Crippen LogP contribution is -2.22. The van der Waals surface area contributed by atoms with Gasteiger partial charge in [-0.2, -0.15) is 0 Å². The Labute approximate surface area is 78.8 Å². The predicted molar refractivity (Wildman–Crippen MR) is 51.4 cm³/mol. The van der Waals surface area contributed by atoms with Crippen LogP contribution in [0.2, 0.25) is 0 Å². The number of furan rings is 1. The fraction of sp³-hybridized carbons (Fsp3) is 0.600. The van der Waals surface area contributed by atoms with Crippen LogP contribution in [0.3, 0.4) is 0 Å². The molecule has 0 bridgehead atoms. The average Bonchev–Trinajstić information content (AvgIpc) is 2.65. The number of nitrogens with one attached hydrogen (secondary N) is 1. The van der Waals surface area contributed by atoms with Crippen LogP contribution in [0.1, 0.15) is 31.6 Å². The van der Waals surface area contributed by atoms with Crippen LogP contribution in [-0.2, 0) is 0 Å². The van der Waals surface area contributed by atoms with Gasteiger partial charge in [-0.25, -0.2) is 0 Å². The molecule has 0 spiro atoms. The Kier molecular flexibility index (Phi) is 4.57. The minimum Gasteiger partial charge on any atom is -0.468 e. The van der Waals surface area contributed by atoms with Crippen molar-refractivity contribution in [3.05, 3.63) is 24.2 Å². The van der Waals surface area contributed by atoms with Crippen LogP contribution in [0.15, 0.2) is 22.8 Å². The second kappa shape index (κ2) is 5.78. The van der Waals surface area contributed by atoms with Crippen molar-refractivity contribution in [3.8, 4) is 0 Å². The summed E-state index contributed by atoms with van der Waals surface area (Å²) >= 11 is 0. The number of hydrogen-bond acceptors (Lipinski definition) is 3. The molecular weight excluding hydrogens is 166 g/mol. The van der Waals surface area contributed by atoms with Gasteiger partial charge in [-0.15, -0.1) is 0 Å². The first kappa shape index (κ1) is 10.3. The molecule has 1 aromatic rings. The molecule has 1 atom stereocenters. The summed E-state index contributed by atoms with van der Waals surface area (Å²) in [6, 6.07) is 3.95. The maximum Gasteiger partial charge on any atom is 0.120 e. The zero-order valence-electron chi connectivity index (χ0n) is 7.99. The Bertz CT molecular complexity index is 209. The molecule has 0 fully saturated rings. The van der Waals surface area contributed by atoms with Crippen molar-refractivity contribution in [3.63, 3.8) is 0 Å². The quantitative estimate of drug-likeness (QED) is 0.705. The molecule has 0 aliphatic heterocycles. The fourth-order valence-electron chi connectivity index (χ4n) is 1.28. The van der Waals surface area contributed by atoms with Crippen LogP contribution in [0.5, 0.6) is 0 Å². The Morgan fingerprint density at radius 3 is 3.00 bits per heavy atom. The Hall–Kier alpha value is -0.800.